The summed E-state index contributed by atoms with van der Waals surface area (Å²) >= 11 is 7.00. The summed E-state index contributed by atoms with van der Waals surface area (Å²) in [5.41, 5.74) is 7.83. The molecule has 1 aromatic heterocycles. The third-order valence-electron chi connectivity index (χ3n) is 2.86. The first-order valence-corrected chi connectivity index (χ1v) is 7.89. The van der Waals surface area contributed by atoms with Crippen molar-refractivity contribution in [2.75, 3.05) is 6.54 Å². The van der Waals surface area contributed by atoms with Gasteiger partial charge in [-0.25, -0.2) is 4.98 Å². The molecule has 0 bridgehead atoms. The van der Waals surface area contributed by atoms with Crippen LogP contribution >= 0.6 is 31.9 Å². The van der Waals surface area contributed by atoms with Gasteiger partial charge in [-0.15, -0.1) is 0 Å². The van der Waals surface area contributed by atoms with Crippen LogP contribution in [-0.2, 0) is 13.0 Å². The van der Waals surface area contributed by atoms with Gasteiger partial charge in [0.15, 0.2) is 0 Å². The normalized spacial score (nSPS) is 10.2. The second-order valence-corrected chi connectivity index (χ2v) is 6.05. The van der Waals surface area contributed by atoms with Crippen molar-refractivity contribution in [3.05, 3.63) is 56.2 Å². The highest BCUT2D eigenvalue weighted by Crippen LogP contribution is 2.35. The zero-order valence-corrected chi connectivity index (χ0v) is 14.3. The number of nitrogens with two attached hydrogens (primary N) is 1. The molecule has 0 spiro atoms. The fourth-order valence-electron chi connectivity index (χ4n) is 1.87. The van der Waals surface area contributed by atoms with Crippen LogP contribution < -0.4 is 10.5 Å². The van der Waals surface area contributed by atoms with Crippen molar-refractivity contribution in [2.24, 2.45) is 5.73 Å². The number of aromatic nitrogens is 1. The summed E-state index contributed by atoms with van der Waals surface area (Å²) in [6.45, 7) is 0.879. The molecular weight excluding hydrogens is 398 g/mol. The van der Waals surface area contributed by atoms with Crippen LogP contribution in [0.25, 0.3) is 0 Å². The zero-order chi connectivity index (χ0) is 15.2. The first-order chi connectivity index (χ1) is 10.2. The van der Waals surface area contributed by atoms with Crippen molar-refractivity contribution in [3.8, 4) is 11.8 Å². The van der Waals surface area contributed by atoms with E-state index in [4.69, 9.17) is 15.7 Å². The number of nitrogens with zero attached hydrogens (tertiary/aromatic N) is 2. The summed E-state index contributed by atoms with van der Waals surface area (Å²) < 4.78 is 7.51. The maximum absolute atomic E-state index is 9.02. The fourth-order valence-corrected chi connectivity index (χ4v) is 3.38. The van der Waals surface area contributed by atoms with Crippen LogP contribution in [0, 0.1) is 11.3 Å². The number of halogens is 2. The molecule has 0 saturated heterocycles. The van der Waals surface area contributed by atoms with Crippen LogP contribution in [-0.4, -0.2) is 11.5 Å². The molecule has 0 radical (unpaired) electrons. The molecule has 4 nitrogen and oxygen atoms in total. The van der Waals surface area contributed by atoms with Gasteiger partial charge in [0.05, 0.1) is 8.95 Å². The summed E-state index contributed by atoms with van der Waals surface area (Å²) in [7, 11) is 0. The van der Waals surface area contributed by atoms with Gasteiger partial charge in [0, 0.05) is 11.8 Å². The van der Waals surface area contributed by atoms with Crippen molar-refractivity contribution in [1.82, 2.24) is 4.98 Å². The van der Waals surface area contributed by atoms with Gasteiger partial charge in [-0.2, -0.15) is 5.26 Å². The van der Waals surface area contributed by atoms with Gasteiger partial charge in [0.2, 0.25) is 0 Å². The van der Waals surface area contributed by atoms with Gasteiger partial charge in [0.25, 0.3) is 0 Å². The highest BCUT2D eigenvalue weighted by molar-refractivity contribution is 9.11. The van der Waals surface area contributed by atoms with E-state index in [2.05, 4.69) is 42.9 Å². The van der Waals surface area contributed by atoms with Crippen LogP contribution in [0.5, 0.6) is 5.75 Å². The second-order valence-electron chi connectivity index (χ2n) is 4.34. The molecule has 0 aliphatic rings. The van der Waals surface area contributed by atoms with E-state index >= 15 is 0 Å². The van der Waals surface area contributed by atoms with Crippen molar-refractivity contribution in [3.63, 3.8) is 0 Å². The average Bonchev–Trinajstić information content (AvgIpc) is 2.47. The summed E-state index contributed by atoms with van der Waals surface area (Å²) in [5.74, 6) is 0.698. The van der Waals surface area contributed by atoms with E-state index in [9.17, 15) is 0 Å². The van der Waals surface area contributed by atoms with Crippen molar-refractivity contribution >= 4 is 31.9 Å². The fraction of sp³-hybridized carbons (Fsp3) is 0.200. The molecular formula is C15H13Br2N3O. The topological polar surface area (TPSA) is 71.9 Å². The van der Waals surface area contributed by atoms with Crippen LogP contribution in [0.4, 0.5) is 0 Å². The minimum Gasteiger partial charge on any atom is -0.486 e. The van der Waals surface area contributed by atoms with Crippen molar-refractivity contribution in [2.45, 2.75) is 13.0 Å². The van der Waals surface area contributed by atoms with E-state index in [1.165, 1.54) is 0 Å². The number of hydrogen-bond donors (Lipinski definition) is 1. The number of pyridine rings is 1. The SMILES string of the molecule is N#Cc1ncccc1COc1c(Br)cc(CCN)cc1Br. The Morgan fingerprint density at radius 2 is 2.00 bits per heavy atom. The average molecular weight is 411 g/mol. The Balaban J connectivity index is 2.19. The van der Waals surface area contributed by atoms with E-state index in [0.717, 1.165) is 26.5 Å². The Kier molecular flexibility index (Phi) is 5.74. The summed E-state index contributed by atoms with van der Waals surface area (Å²) in [6, 6.07) is 9.65. The second kappa shape index (κ2) is 7.55. The number of nitriles is 1. The molecule has 0 fully saturated rings. The van der Waals surface area contributed by atoms with Crippen LogP contribution in [0.2, 0.25) is 0 Å². The molecule has 21 heavy (non-hydrogen) atoms. The van der Waals surface area contributed by atoms with Crippen LogP contribution in [0.3, 0.4) is 0 Å². The van der Waals surface area contributed by atoms with Gasteiger partial charge in [0.1, 0.15) is 24.1 Å². The Morgan fingerprint density at radius 3 is 2.62 bits per heavy atom. The number of rotatable bonds is 5. The van der Waals surface area contributed by atoms with E-state index in [0.29, 0.717) is 18.0 Å². The molecule has 0 aliphatic heterocycles. The molecule has 6 heteroatoms. The van der Waals surface area contributed by atoms with Gasteiger partial charge >= 0.3 is 0 Å². The Bertz CT molecular complexity index is 660. The molecule has 1 aromatic carbocycles. The van der Waals surface area contributed by atoms with Gasteiger partial charge in [-0.3, -0.25) is 0 Å². The Hall–Kier alpha value is -1.42. The molecule has 2 rings (SSSR count). The van der Waals surface area contributed by atoms with E-state index in [1.54, 1.807) is 12.3 Å². The van der Waals surface area contributed by atoms with E-state index in [-0.39, 0.29) is 6.61 Å². The van der Waals surface area contributed by atoms with Gasteiger partial charge in [-0.05, 0) is 68.6 Å². The smallest absolute Gasteiger partial charge is 0.148 e. The molecule has 0 amide bonds. The third-order valence-corrected chi connectivity index (χ3v) is 4.04. The standard InChI is InChI=1S/C15H13Br2N3O/c16-12-6-10(3-4-18)7-13(17)15(12)21-9-11-2-1-5-20-14(11)8-19/h1-2,5-7H,3-4,9,18H2. The molecule has 2 N–H and O–H groups in total. The third kappa shape index (κ3) is 4.03. The maximum atomic E-state index is 9.02. The maximum Gasteiger partial charge on any atom is 0.148 e. The lowest BCUT2D eigenvalue weighted by molar-refractivity contribution is 0.301. The summed E-state index contributed by atoms with van der Waals surface area (Å²) in [4.78, 5) is 4.01. The van der Waals surface area contributed by atoms with Gasteiger partial charge in [-0.1, -0.05) is 6.07 Å². The van der Waals surface area contributed by atoms with E-state index in [1.807, 2.05) is 18.2 Å². The molecule has 2 aromatic rings. The highest BCUT2D eigenvalue weighted by Gasteiger charge is 2.10. The first kappa shape index (κ1) is 16.0. The summed E-state index contributed by atoms with van der Waals surface area (Å²) in [5, 5.41) is 9.02. The number of benzene rings is 1. The molecule has 1 heterocycles. The quantitative estimate of drug-likeness (QED) is 0.817. The monoisotopic (exact) mass is 409 g/mol. The minimum atomic E-state index is 0.282. The molecule has 108 valence electrons. The van der Waals surface area contributed by atoms with Gasteiger partial charge < -0.3 is 10.5 Å². The Labute approximate surface area is 140 Å². The molecule has 0 aliphatic carbocycles. The highest BCUT2D eigenvalue weighted by atomic mass is 79.9. The molecule has 0 unspecified atom stereocenters. The summed E-state index contributed by atoms with van der Waals surface area (Å²) in [6.07, 6.45) is 2.40. The predicted octanol–water partition coefficient (Wildman–Crippen LogP) is 3.56. The minimum absolute atomic E-state index is 0.282. The Morgan fingerprint density at radius 1 is 1.29 bits per heavy atom. The first-order valence-electron chi connectivity index (χ1n) is 6.30. The van der Waals surface area contributed by atoms with Crippen molar-refractivity contribution < 1.29 is 4.74 Å². The van der Waals surface area contributed by atoms with Crippen LogP contribution in [0.15, 0.2) is 39.4 Å². The number of ether oxygens (including phenoxy) is 1. The number of hydrogen-bond acceptors (Lipinski definition) is 4. The van der Waals surface area contributed by atoms with E-state index < -0.39 is 0 Å². The molecule has 0 atom stereocenters. The lowest BCUT2D eigenvalue weighted by atomic mass is 10.1. The molecule has 0 saturated carbocycles. The lowest BCUT2D eigenvalue weighted by Gasteiger charge is -2.12. The van der Waals surface area contributed by atoms with Crippen LogP contribution in [0.1, 0.15) is 16.8 Å². The lowest BCUT2D eigenvalue weighted by Crippen LogP contribution is -2.04. The predicted molar refractivity (Wildman–Crippen MR) is 87.9 cm³/mol. The largest absolute Gasteiger partial charge is 0.486 e. The zero-order valence-electron chi connectivity index (χ0n) is 11.1. The van der Waals surface area contributed by atoms with Crippen molar-refractivity contribution in [1.29, 1.82) is 5.26 Å².